The normalized spacial score (nSPS) is 27.9. The van der Waals surface area contributed by atoms with Crippen LogP contribution in [0.4, 0.5) is 0 Å². The third-order valence-electron chi connectivity index (χ3n) is 5.68. The van der Waals surface area contributed by atoms with Crippen LogP contribution in [-0.4, -0.2) is 36.6 Å². The predicted molar refractivity (Wildman–Crippen MR) is 98.3 cm³/mol. The minimum atomic E-state index is 0. The molecule has 2 aliphatic heterocycles. The molecule has 0 radical (unpaired) electrons. The van der Waals surface area contributed by atoms with E-state index in [0.717, 1.165) is 55.7 Å². The number of benzene rings is 1. The maximum absolute atomic E-state index is 12.8. The molecule has 0 spiro atoms. The van der Waals surface area contributed by atoms with Gasteiger partial charge in [0.2, 0.25) is 5.91 Å². The first-order chi connectivity index (χ1) is 11.7. The van der Waals surface area contributed by atoms with Crippen molar-refractivity contribution in [2.24, 2.45) is 11.7 Å². The Hall–Kier alpha value is -1.46. The first-order valence-electron chi connectivity index (χ1n) is 9.17. The van der Waals surface area contributed by atoms with Gasteiger partial charge in [0, 0.05) is 19.0 Å². The summed E-state index contributed by atoms with van der Waals surface area (Å²) in [5, 5.41) is 0. The fourth-order valence-corrected chi connectivity index (χ4v) is 4.34. The smallest absolute Gasteiger partial charge is 0.223 e. The number of hydrogen-bond acceptors (Lipinski definition) is 4. The molecule has 1 amide bonds. The maximum Gasteiger partial charge on any atom is 0.223 e. The lowest BCUT2D eigenvalue weighted by molar-refractivity contribution is -0.133. The summed E-state index contributed by atoms with van der Waals surface area (Å²) in [6, 6.07) is 6.45. The molecule has 2 N–H and O–H groups in total. The van der Waals surface area contributed by atoms with Crippen molar-refractivity contribution in [3.63, 3.8) is 0 Å². The molecule has 1 unspecified atom stereocenters. The predicted octanol–water partition coefficient (Wildman–Crippen LogP) is 3.06. The molecule has 1 saturated carbocycles. The molecule has 0 aromatic heterocycles. The summed E-state index contributed by atoms with van der Waals surface area (Å²) in [6.45, 7) is 2.03. The first-order valence-corrected chi connectivity index (χ1v) is 9.17. The van der Waals surface area contributed by atoms with Gasteiger partial charge in [0.05, 0.1) is 6.04 Å². The molecule has 1 saturated heterocycles. The molecular weight excluding hydrogens is 340 g/mol. The van der Waals surface area contributed by atoms with Gasteiger partial charge in [-0.15, -0.1) is 12.4 Å². The summed E-state index contributed by atoms with van der Waals surface area (Å²) in [7, 11) is 0. The Labute approximate surface area is 155 Å². The van der Waals surface area contributed by atoms with Gasteiger partial charge in [0.25, 0.3) is 0 Å². The Balaban J connectivity index is 0.00000182. The molecule has 5 nitrogen and oxygen atoms in total. The lowest BCUT2D eigenvalue weighted by Gasteiger charge is -2.28. The van der Waals surface area contributed by atoms with E-state index in [1.165, 1.54) is 0 Å². The zero-order valence-corrected chi connectivity index (χ0v) is 15.3. The summed E-state index contributed by atoms with van der Waals surface area (Å²) < 4.78 is 11.3. The average Bonchev–Trinajstić information content (AvgIpc) is 3.24. The number of amides is 1. The van der Waals surface area contributed by atoms with E-state index in [2.05, 4.69) is 11.0 Å². The van der Waals surface area contributed by atoms with Gasteiger partial charge in [0.15, 0.2) is 11.5 Å². The third kappa shape index (κ3) is 3.72. The minimum Gasteiger partial charge on any atom is -0.486 e. The van der Waals surface area contributed by atoms with Gasteiger partial charge in [-0.2, -0.15) is 0 Å². The van der Waals surface area contributed by atoms with Gasteiger partial charge >= 0.3 is 0 Å². The average molecular weight is 367 g/mol. The van der Waals surface area contributed by atoms with Crippen molar-refractivity contribution in [1.82, 2.24) is 4.90 Å². The fraction of sp³-hybridized carbons (Fsp3) is 0.632. The van der Waals surface area contributed by atoms with E-state index in [1.807, 2.05) is 12.1 Å². The number of rotatable bonds is 3. The standard InChI is InChI=1S/C19H26N2O3.ClH/c20-15-4-1-3-13(15)12-19(22)21-8-2-5-16(21)14-6-7-17-18(11-14)24-10-9-23-17;/h6-7,11,13,15-16H,1-5,8-10,12,20H2;1H/t13-,15+,16?;/m0./s1. The van der Waals surface area contributed by atoms with Crippen LogP contribution in [0.3, 0.4) is 0 Å². The maximum atomic E-state index is 12.8. The summed E-state index contributed by atoms with van der Waals surface area (Å²) in [6.07, 6.45) is 5.98. The molecule has 1 aromatic carbocycles. The lowest BCUT2D eigenvalue weighted by Crippen LogP contribution is -2.35. The molecule has 1 aliphatic carbocycles. The fourth-order valence-electron chi connectivity index (χ4n) is 4.34. The monoisotopic (exact) mass is 366 g/mol. The summed E-state index contributed by atoms with van der Waals surface area (Å²) in [5.41, 5.74) is 7.30. The molecule has 3 atom stereocenters. The molecule has 2 fully saturated rings. The van der Waals surface area contributed by atoms with Crippen LogP contribution in [-0.2, 0) is 4.79 Å². The topological polar surface area (TPSA) is 64.8 Å². The van der Waals surface area contributed by atoms with Gasteiger partial charge in [-0.1, -0.05) is 12.5 Å². The zero-order chi connectivity index (χ0) is 16.5. The van der Waals surface area contributed by atoms with Crippen molar-refractivity contribution in [3.05, 3.63) is 23.8 Å². The van der Waals surface area contributed by atoms with Crippen molar-refractivity contribution in [1.29, 1.82) is 0 Å². The number of nitrogens with two attached hydrogens (primary N) is 1. The van der Waals surface area contributed by atoms with Crippen LogP contribution in [0.5, 0.6) is 11.5 Å². The van der Waals surface area contributed by atoms with E-state index in [4.69, 9.17) is 15.2 Å². The van der Waals surface area contributed by atoms with Crippen LogP contribution in [0, 0.1) is 5.92 Å². The number of halogens is 1. The Bertz CT molecular complexity index is 625. The molecule has 2 heterocycles. The van der Waals surface area contributed by atoms with Crippen molar-refractivity contribution in [3.8, 4) is 11.5 Å². The highest BCUT2D eigenvalue weighted by Gasteiger charge is 2.34. The van der Waals surface area contributed by atoms with E-state index < -0.39 is 0 Å². The molecular formula is C19H27ClN2O3. The largest absolute Gasteiger partial charge is 0.486 e. The van der Waals surface area contributed by atoms with Crippen LogP contribution in [0.1, 0.15) is 50.1 Å². The second-order valence-corrected chi connectivity index (χ2v) is 7.21. The van der Waals surface area contributed by atoms with E-state index in [0.29, 0.717) is 25.6 Å². The van der Waals surface area contributed by atoms with Gasteiger partial charge in [-0.05, 0) is 49.3 Å². The molecule has 6 heteroatoms. The highest BCUT2D eigenvalue weighted by Crippen LogP contribution is 2.39. The summed E-state index contributed by atoms with van der Waals surface area (Å²) in [5.74, 6) is 2.22. The summed E-state index contributed by atoms with van der Waals surface area (Å²) >= 11 is 0. The number of likely N-dealkylation sites (tertiary alicyclic amines) is 1. The Morgan fingerprint density at radius 2 is 1.92 bits per heavy atom. The Morgan fingerprint density at radius 3 is 2.68 bits per heavy atom. The quantitative estimate of drug-likeness (QED) is 0.892. The number of carbonyl (C=O) groups excluding carboxylic acids is 1. The number of ether oxygens (including phenoxy) is 2. The van der Waals surface area contributed by atoms with Crippen molar-refractivity contribution < 1.29 is 14.3 Å². The van der Waals surface area contributed by atoms with Crippen LogP contribution in [0.2, 0.25) is 0 Å². The van der Waals surface area contributed by atoms with E-state index in [1.54, 1.807) is 0 Å². The number of nitrogens with zero attached hydrogens (tertiary/aromatic N) is 1. The van der Waals surface area contributed by atoms with E-state index >= 15 is 0 Å². The van der Waals surface area contributed by atoms with Crippen LogP contribution in [0.15, 0.2) is 18.2 Å². The van der Waals surface area contributed by atoms with E-state index in [-0.39, 0.29) is 30.4 Å². The first kappa shape index (κ1) is 18.3. The van der Waals surface area contributed by atoms with Gasteiger partial charge in [0.1, 0.15) is 13.2 Å². The lowest BCUT2D eigenvalue weighted by atomic mass is 9.98. The summed E-state index contributed by atoms with van der Waals surface area (Å²) in [4.78, 5) is 14.9. The molecule has 1 aromatic rings. The number of carbonyl (C=O) groups is 1. The van der Waals surface area contributed by atoms with Gasteiger partial charge in [-0.3, -0.25) is 4.79 Å². The number of hydrogen-bond donors (Lipinski definition) is 1. The van der Waals surface area contributed by atoms with Crippen LogP contribution < -0.4 is 15.2 Å². The molecule has 25 heavy (non-hydrogen) atoms. The van der Waals surface area contributed by atoms with Gasteiger partial charge < -0.3 is 20.1 Å². The Kier molecular flexibility index (Phi) is 5.74. The van der Waals surface area contributed by atoms with Crippen LogP contribution in [0.25, 0.3) is 0 Å². The van der Waals surface area contributed by atoms with Crippen molar-refractivity contribution in [2.75, 3.05) is 19.8 Å². The minimum absolute atomic E-state index is 0. The molecule has 4 rings (SSSR count). The number of fused-ring (bicyclic) bond motifs is 1. The third-order valence-corrected chi connectivity index (χ3v) is 5.68. The second kappa shape index (κ2) is 7.83. The zero-order valence-electron chi connectivity index (χ0n) is 14.5. The van der Waals surface area contributed by atoms with Gasteiger partial charge in [-0.25, -0.2) is 0 Å². The van der Waals surface area contributed by atoms with Crippen LogP contribution >= 0.6 is 12.4 Å². The SMILES string of the molecule is Cl.N[C@@H]1CCC[C@H]1CC(=O)N1CCCC1c1ccc2c(c1)OCCO2. The highest BCUT2D eigenvalue weighted by molar-refractivity contribution is 5.85. The molecule has 0 bridgehead atoms. The molecule has 3 aliphatic rings. The van der Waals surface area contributed by atoms with Crippen molar-refractivity contribution >= 4 is 18.3 Å². The highest BCUT2D eigenvalue weighted by atomic mass is 35.5. The Morgan fingerprint density at radius 1 is 1.12 bits per heavy atom. The molecule has 138 valence electrons. The van der Waals surface area contributed by atoms with Crippen molar-refractivity contribution in [2.45, 2.75) is 50.6 Å². The second-order valence-electron chi connectivity index (χ2n) is 7.21. The van der Waals surface area contributed by atoms with E-state index in [9.17, 15) is 4.79 Å².